The van der Waals surface area contributed by atoms with Crippen molar-refractivity contribution in [3.8, 4) is 0 Å². The molecule has 0 spiro atoms. The molecule has 0 amide bonds. The first kappa shape index (κ1) is 11.2. The van der Waals surface area contributed by atoms with Crippen molar-refractivity contribution in [2.45, 2.75) is 6.92 Å². The molecular weight excluding hydrogens is 222 g/mol. The van der Waals surface area contributed by atoms with Gasteiger partial charge in [-0.3, -0.25) is 0 Å². The van der Waals surface area contributed by atoms with E-state index in [1.165, 1.54) is 13.2 Å². The zero-order valence-electron chi connectivity index (χ0n) is 9.40. The summed E-state index contributed by atoms with van der Waals surface area (Å²) in [4.78, 5) is 25.3. The summed E-state index contributed by atoms with van der Waals surface area (Å²) in [6.07, 6.45) is 0. The van der Waals surface area contributed by atoms with Crippen molar-refractivity contribution in [3.63, 3.8) is 0 Å². The Labute approximate surface area is 97.0 Å². The molecule has 1 aromatic carbocycles. The summed E-state index contributed by atoms with van der Waals surface area (Å²) in [7, 11) is 1.27. The van der Waals surface area contributed by atoms with Crippen LogP contribution in [0.1, 0.15) is 26.4 Å². The van der Waals surface area contributed by atoms with Gasteiger partial charge in [0.25, 0.3) is 0 Å². The summed E-state index contributed by atoms with van der Waals surface area (Å²) in [6.45, 7) is 1.80. The third-order valence-corrected chi connectivity index (χ3v) is 2.52. The summed E-state index contributed by atoms with van der Waals surface area (Å²) in [5.41, 5.74) is 1.85. The minimum absolute atomic E-state index is 0.173. The first-order valence-electron chi connectivity index (χ1n) is 4.98. The lowest BCUT2D eigenvalue weighted by atomic mass is 10.1. The van der Waals surface area contributed by atoms with Crippen LogP contribution in [0, 0.1) is 6.92 Å². The number of benzene rings is 1. The van der Waals surface area contributed by atoms with E-state index in [1.807, 2.05) is 0 Å². The zero-order chi connectivity index (χ0) is 12.6. The minimum Gasteiger partial charge on any atom is -0.478 e. The number of H-pyrrole nitrogens is 1. The molecule has 5 nitrogen and oxygen atoms in total. The Morgan fingerprint density at radius 3 is 2.59 bits per heavy atom. The first-order valence-corrected chi connectivity index (χ1v) is 4.98. The van der Waals surface area contributed by atoms with Crippen LogP contribution in [0.2, 0.25) is 0 Å². The van der Waals surface area contributed by atoms with Crippen LogP contribution in [0.5, 0.6) is 0 Å². The number of rotatable bonds is 2. The molecule has 2 aromatic rings. The normalized spacial score (nSPS) is 10.5. The molecular formula is C12H11NO4. The molecule has 17 heavy (non-hydrogen) atoms. The highest BCUT2D eigenvalue weighted by Gasteiger charge is 2.15. The number of fused-ring (bicyclic) bond motifs is 1. The monoisotopic (exact) mass is 233 g/mol. The number of carbonyl (C=O) groups is 2. The van der Waals surface area contributed by atoms with E-state index in [2.05, 4.69) is 9.72 Å². The zero-order valence-corrected chi connectivity index (χ0v) is 9.40. The number of nitrogens with one attached hydrogen (secondary N) is 1. The molecule has 0 unspecified atom stereocenters. The van der Waals surface area contributed by atoms with Gasteiger partial charge in [-0.05, 0) is 30.7 Å². The van der Waals surface area contributed by atoms with Gasteiger partial charge in [-0.15, -0.1) is 0 Å². The van der Waals surface area contributed by atoms with E-state index in [0.717, 1.165) is 5.56 Å². The summed E-state index contributed by atoms with van der Waals surface area (Å²) < 4.78 is 4.58. The topological polar surface area (TPSA) is 79.4 Å². The SMILES string of the molecule is COC(=O)c1cc2c(C(=O)O)cc(C)cc2[nH]1. The third-order valence-electron chi connectivity index (χ3n) is 2.52. The second kappa shape index (κ2) is 3.93. The summed E-state index contributed by atoms with van der Waals surface area (Å²) in [5, 5.41) is 9.59. The van der Waals surface area contributed by atoms with E-state index >= 15 is 0 Å². The Balaban J connectivity index is 2.71. The van der Waals surface area contributed by atoms with Crippen LogP contribution < -0.4 is 0 Å². The summed E-state index contributed by atoms with van der Waals surface area (Å²) in [6, 6.07) is 4.85. The Hall–Kier alpha value is -2.30. The lowest BCUT2D eigenvalue weighted by Crippen LogP contribution is -2.00. The van der Waals surface area contributed by atoms with Crippen LogP contribution in [0.3, 0.4) is 0 Å². The van der Waals surface area contributed by atoms with Gasteiger partial charge in [0, 0.05) is 10.9 Å². The first-order chi connectivity index (χ1) is 8.02. The number of carboxylic acids is 1. The van der Waals surface area contributed by atoms with E-state index in [4.69, 9.17) is 5.11 Å². The van der Waals surface area contributed by atoms with E-state index in [-0.39, 0.29) is 11.3 Å². The largest absolute Gasteiger partial charge is 0.478 e. The number of aromatic amines is 1. The minimum atomic E-state index is -1.02. The highest BCUT2D eigenvalue weighted by Crippen LogP contribution is 2.22. The second-order valence-electron chi connectivity index (χ2n) is 3.75. The number of carbonyl (C=O) groups excluding carboxylic acids is 1. The lowest BCUT2D eigenvalue weighted by molar-refractivity contribution is 0.0594. The van der Waals surface area contributed by atoms with Crippen LogP contribution in [-0.2, 0) is 4.74 Å². The van der Waals surface area contributed by atoms with Crippen molar-refractivity contribution < 1.29 is 19.4 Å². The molecule has 0 saturated heterocycles. The standard InChI is InChI=1S/C12H11NO4/c1-6-3-8(11(14)15)7-5-10(12(16)17-2)13-9(7)4-6/h3-5,13H,1-2H3,(H,14,15). The van der Waals surface area contributed by atoms with Gasteiger partial charge in [-0.1, -0.05) is 0 Å². The molecule has 5 heteroatoms. The number of esters is 1. The molecule has 0 atom stereocenters. The van der Waals surface area contributed by atoms with Crippen molar-refractivity contribution in [2.24, 2.45) is 0 Å². The molecule has 88 valence electrons. The highest BCUT2D eigenvalue weighted by molar-refractivity contribution is 6.06. The molecule has 0 aliphatic heterocycles. The van der Waals surface area contributed by atoms with E-state index in [0.29, 0.717) is 10.9 Å². The Bertz CT molecular complexity index is 612. The van der Waals surface area contributed by atoms with Crippen LogP contribution in [0.4, 0.5) is 0 Å². The maximum Gasteiger partial charge on any atom is 0.354 e. The van der Waals surface area contributed by atoms with Crippen molar-refractivity contribution in [1.82, 2.24) is 4.98 Å². The van der Waals surface area contributed by atoms with Gasteiger partial charge in [0.15, 0.2) is 0 Å². The number of hydrogen-bond acceptors (Lipinski definition) is 3. The van der Waals surface area contributed by atoms with Crippen molar-refractivity contribution in [1.29, 1.82) is 0 Å². The molecule has 2 N–H and O–H groups in total. The molecule has 0 fully saturated rings. The molecule has 2 rings (SSSR count). The molecule has 0 aliphatic rings. The molecule has 1 heterocycles. The number of aromatic carboxylic acids is 1. The van der Waals surface area contributed by atoms with Gasteiger partial charge in [-0.2, -0.15) is 0 Å². The maximum atomic E-state index is 11.3. The fraction of sp³-hybridized carbons (Fsp3) is 0.167. The number of aryl methyl sites for hydroxylation is 1. The van der Waals surface area contributed by atoms with E-state index in [1.54, 1.807) is 19.1 Å². The lowest BCUT2D eigenvalue weighted by Gasteiger charge is -1.99. The number of aromatic nitrogens is 1. The van der Waals surface area contributed by atoms with E-state index in [9.17, 15) is 9.59 Å². The number of ether oxygens (including phenoxy) is 1. The predicted molar refractivity (Wildman–Crippen MR) is 61.3 cm³/mol. The Morgan fingerprint density at radius 1 is 1.29 bits per heavy atom. The fourth-order valence-corrected chi connectivity index (χ4v) is 1.78. The summed E-state index contributed by atoms with van der Waals surface area (Å²) in [5.74, 6) is -1.54. The predicted octanol–water partition coefficient (Wildman–Crippen LogP) is 1.96. The molecule has 0 bridgehead atoms. The number of hydrogen-bond donors (Lipinski definition) is 2. The smallest absolute Gasteiger partial charge is 0.354 e. The van der Waals surface area contributed by atoms with E-state index < -0.39 is 11.9 Å². The summed E-state index contributed by atoms with van der Waals surface area (Å²) >= 11 is 0. The van der Waals surface area contributed by atoms with Gasteiger partial charge < -0.3 is 14.8 Å². The average molecular weight is 233 g/mol. The van der Waals surface area contributed by atoms with Gasteiger partial charge >= 0.3 is 11.9 Å². The third kappa shape index (κ3) is 1.87. The second-order valence-corrected chi connectivity index (χ2v) is 3.75. The van der Waals surface area contributed by atoms with Gasteiger partial charge in [0.1, 0.15) is 5.69 Å². The van der Waals surface area contributed by atoms with Crippen molar-refractivity contribution in [3.05, 3.63) is 35.0 Å². The van der Waals surface area contributed by atoms with Crippen molar-refractivity contribution >= 4 is 22.8 Å². The molecule has 1 aromatic heterocycles. The van der Waals surface area contributed by atoms with Crippen LogP contribution >= 0.6 is 0 Å². The highest BCUT2D eigenvalue weighted by atomic mass is 16.5. The van der Waals surface area contributed by atoms with Crippen molar-refractivity contribution in [2.75, 3.05) is 7.11 Å². The Morgan fingerprint density at radius 2 is 2.00 bits per heavy atom. The van der Waals surface area contributed by atoms with Gasteiger partial charge in [-0.25, -0.2) is 9.59 Å². The average Bonchev–Trinajstić information content (AvgIpc) is 2.69. The molecule has 0 aliphatic carbocycles. The van der Waals surface area contributed by atoms with Gasteiger partial charge in [0.05, 0.1) is 12.7 Å². The molecule has 0 radical (unpaired) electrons. The van der Waals surface area contributed by atoms with Crippen LogP contribution in [0.15, 0.2) is 18.2 Å². The number of carboxylic acid groups (broad SMARTS) is 1. The van der Waals surface area contributed by atoms with Gasteiger partial charge in [0.2, 0.25) is 0 Å². The van der Waals surface area contributed by atoms with Crippen LogP contribution in [-0.4, -0.2) is 29.1 Å². The fourth-order valence-electron chi connectivity index (χ4n) is 1.78. The van der Waals surface area contributed by atoms with Crippen LogP contribution in [0.25, 0.3) is 10.9 Å². The molecule has 0 saturated carbocycles. The number of methoxy groups -OCH3 is 1. The maximum absolute atomic E-state index is 11.3. The quantitative estimate of drug-likeness (QED) is 0.777. The Kier molecular flexibility index (Phi) is 2.59.